The van der Waals surface area contributed by atoms with E-state index in [0.717, 1.165) is 6.42 Å². The van der Waals surface area contributed by atoms with Crippen LogP contribution in [0.15, 0.2) is 0 Å². The lowest BCUT2D eigenvalue weighted by Crippen LogP contribution is -2.36. The second-order valence-electron chi connectivity index (χ2n) is 4.51. The van der Waals surface area contributed by atoms with Gasteiger partial charge in [0.25, 0.3) is 0 Å². The minimum Gasteiger partial charge on any atom is -0.480 e. The van der Waals surface area contributed by atoms with Crippen LogP contribution < -0.4 is 16.4 Å². The molecule has 6 N–H and O–H groups in total. The van der Waals surface area contributed by atoms with E-state index in [0.29, 0.717) is 44.5 Å². The van der Waals surface area contributed by atoms with Crippen LogP contribution in [0.5, 0.6) is 0 Å². The van der Waals surface area contributed by atoms with Gasteiger partial charge in [-0.15, -0.1) is 0 Å². The summed E-state index contributed by atoms with van der Waals surface area (Å²) < 4.78 is 0. The molecule has 0 spiro atoms. The van der Waals surface area contributed by atoms with E-state index in [9.17, 15) is 9.59 Å². The van der Waals surface area contributed by atoms with Gasteiger partial charge in [0, 0.05) is 18.8 Å². The average molecular weight is 272 g/mol. The van der Waals surface area contributed by atoms with E-state index in [-0.39, 0.29) is 6.03 Å². The van der Waals surface area contributed by atoms with Gasteiger partial charge >= 0.3 is 12.0 Å². The fourth-order valence-corrected chi connectivity index (χ4v) is 1.43. The van der Waals surface area contributed by atoms with Gasteiger partial charge in [-0.2, -0.15) is 0 Å². The number of unbranched alkanes of at least 4 members (excludes halogenated alkanes) is 1. The summed E-state index contributed by atoms with van der Waals surface area (Å²) in [7, 11) is 0. The van der Waals surface area contributed by atoms with Crippen molar-refractivity contribution in [3.63, 3.8) is 0 Å². The summed E-state index contributed by atoms with van der Waals surface area (Å²) in [5, 5.41) is 21.2. The van der Waals surface area contributed by atoms with Gasteiger partial charge in [-0.05, 0) is 39.0 Å². The van der Waals surface area contributed by atoms with Crippen LogP contribution in [0.1, 0.15) is 39.0 Å². The van der Waals surface area contributed by atoms with Crippen molar-refractivity contribution in [2.24, 2.45) is 5.73 Å². The van der Waals surface area contributed by atoms with Crippen LogP contribution in [-0.4, -0.2) is 41.9 Å². The number of aliphatic carboxylic acids is 1. The van der Waals surface area contributed by atoms with E-state index in [1.807, 2.05) is 0 Å². The van der Waals surface area contributed by atoms with Crippen molar-refractivity contribution in [3.05, 3.63) is 0 Å². The molecular formula is C12H24N4O3. The predicted octanol–water partition coefficient (Wildman–Crippen LogP) is 0.688. The molecule has 0 saturated heterocycles. The summed E-state index contributed by atoms with van der Waals surface area (Å²) >= 11 is 0. The van der Waals surface area contributed by atoms with E-state index >= 15 is 0 Å². The van der Waals surface area contributed by atoms with Gasteiger partial charge in [-0.1, -0.05) is 0 Å². The molecule has 0 bridgehead atoms. The van der Waals surface area contributed by atoms with Crippen molar-refractivity contribution in [1.29, 1.82) is 5.41 Å². The highest BCUT2D eigenvalue weighted by atomic mass is 16.4. The number of amides is 2. The largest absolute Gasteiger partial charge is 0.480 e. The standard InChI is InChI=1S/C12H24N4O3/c1-9(13)5-4-8-16-12(19)15-7-3-2-6-10(14)11(17)18/h10,13H,2-8,14H2,1H3,(H,17,18)(H2,15,16,19)/t10-/m0/s1. The fraction of sp³-hybridized carbons (Fsp3) is 0.750. The monoisotopic (exact) mass is 272 g/mol. The molecule has 0 aliphatic rings. The summed E-state index contributed by atoms with van der Waals surface area (Å²) in [6.45, 7) is 2.79. The van der Waals surface area contributed by atoms with Gasteiger partial charge in [0.15, 0.2) is 0 Å². The van der Waals surface area contributed by atoms with Crippen LogP contribution >= 0.6 is 0 Å². The number of hydrogen-bond acceptors (Lipinski definition) is 4. The lowest BCUT2D eigenvalue weighted by Gasteiger charge is -2.08. The Hall–Kier alpha value is -1.63. The molecule has 2 amide bonds. The van der Waals surface area contributed by atoms with Crippen LogP contribution in [0.25, 0.3) is 0 Å². The molecule has 0 aromatic heterocycles. The molecule has 7 nitrogen and oxygen atoms in total. The van der Waals surface area contributed by atoms with Gasteiger partial charge < -0.3 is 26.9 Å². The molecule has 110 valence electrons. The number of carbonyl (C=O) groups is 2. The summed E-state index contributed by atoms with van der Waals surface area (Å²) in [4.78, 5) is 21.7. The molecule has 0 unspecified atom stereocenters. The molecule has 7 heteroatoms. The maximum Gasteiger partial charge on any atom is 0.320 e. The van der Waals surface area contributed by atoms with Crippen molar-refractivity contribution in [3.8, 4) is 0 Å². The van der Waals surface area contributed by atoms with Gasteiger partial charge in [0.2, 0.25) is 0 Å². The molecule has 1 atom stereocenters. The first-order chi connectivity index (χ1) is 8.93. The zero-order chi connectivity index (χ0) is 14.7. The number of carboxylic acid groups (broad SMARTS) is 1. The third kappa shape index (κ3) is 11.2. The second-order valence-corrected chi connectivity index (χ2v) is 4.51. The van der Waals surface area contributed by atoms with Crippen LogP contribution in [0.4, 0.5) is 4.79 Å². The summed E-state index contributed by atoms with van der Waals surface area (Å²) in [6, 6.07) is -1.05. The molecule has 0 saturated carbocycles. The molecule has 0 heterocycles. The lowest BCUT2D eigenvalue weighted by molar-refractivity contribution is -0.138. The molecule has 0 rings (SSSR count). The highest BCUT2D eigenvalue weighted by molar-refractivity contribution is 5.78. The van der Waals surface area contributed by atoms with Crippen LogP contribution in [0, 0.1) is 5.41 Å². The van der Waals surface area contributed by atoms with Gasteiger partial charge in [0.1, 0.15) is 6.04 Å². The zero-order valence-electron chi connectivity index (χ0n) is 11.4. The maximum absolute atomic E-state index is 11.3. The Kier molecular flexibility index (Phi) is 9.42. The quantitative estimate of drug-likeness (QED) is 0.296. The van der Waals surface area contributed by atoms with Gasteiger partial charge in [0.05, 0.1) is 0 Å². The normalized spacial score (nSPS) is 11.7. The smallest absolute Gasteiger partial charge is 0.320 e. The van der Waals surface area contributed by atoms with Gasteiger partial charge in [-0.25, -0.2) is 4.79 Å². The molecule has 0 aromatic carbocycles. The number of carboxylic acids is 1. The Bertz CT molecular complexity index is 307. The minimum absolute atomic E-state index is 0.231. The van der Waals surface area contributed by atoms with E-state index in [2.05, 4.69) is 10.6 Å². The van der Waals surface area contributed by atoms with E-state index < -0.39 is 12.0 Å². The lowest BCUT2D eigenvalue weighted by atomic mass is 10.1. The van der Waals surface area contributed by atoms with Crippen LogP contribution in [0.3, 0.4) is 0 Å². The Balaban J connectivity index is 3.39. The zero-order valence-corrected chi connectivity index (χ0v) is 11.4. The van der Waals surface area contributed by atoms with Crippen LogP contribution in [0.2, 0.25) is 0 Å². The second kappa shape index (κ2) is 10.3. The molecular weight excluding hydrogens is 248 g/mol. The SMILES string of the molecule is CC(=N)CCCNC(=O)NCCCC[C@H](N)C(=O)O. The molecule has 0 aliphatic carbocycles. The first kappa shape index (κ1) is 17.4. The number of rotatable bonds is 10. The van der Waals surface area contributed by atoms with Crippen molar-refractivity contribution >= 4 is 17.7 Å². The number of urea groups is 1. The molecule has 0 radical (unpaired) electrons. The first-order valence-electron chi connectivity index (χ1n) is 6.47. The highest BCUT2D eigenvalue weighted by Crippen LogP contribution is 1.98. The third-order valence-corrected chi connectivity index (χ3v) is 2.56. The maximum atomic E-state index is 11.3. The van der Waals surface area contributed by atoms with Crippen molar-refractivity contribution in [1.82, 2.24) is 10.6 Å². The fourth-order valence-electron chi connectivity index (χ4n) is 1.43. The molecule has 0 aromatic rings. The number of hydrogen-bond donors (Lipinski definition) is 5. The molecule has 0 fully saturated rings. The Morgan fingerprint density at radius 3 is 2.32 bits per heavy atom. The number of carbonyl (C=O) groups excluding carboxylic acids is 1. The molecule has 19 heavy (non-hydrogen) atoms. The minimum atomic E-state index is -0.993. The Labute approximate surface area is 113 Å². The van der Waals surface area contributed by atoms with Crippen LogP contribution in [-0.2, 0) is 4.79 Å². The average Bonchev–Trinajstić information content (AvgIpc) is 2.33. The Morgan fingerprint density at radius 2 is 1.79 bits per heavy atom. The summed E-state index contributed by atoms with van der Waals surface area (Å²) in [5.41, 5.74) is 5.96. The third-order valence-electron chi connectivity index (χ3n) is 2.56. The van der Waals surface area contributed by atoms with Gasteiger partial charge in [-0.3, -0.25) is 4.79 Å². The van der Waals surface area contributed by atoms with Crippen molar-refractivity contribution in [2.75, 3.05) is 13.1 Å². The highest BCUT2D eigenvalue weighted by Gasteiger charge is 2.09. The van der Waals surface area contributed by atoms with Crippen molar-refractivity contribution < 1.29 is 14.7 Å². The van der Waals surface area contributed by atoms with E-state index in [1.165, 1.54) is 0 Å². The van der Waals surface area contributed by atoms with Crippen molar-refractivity contribution in [2.45, 2.75) is 45.1 Å². The predicted molar refractivity (Wildman–Crippen MR) is 73.5 cm³/mol. The summed E-state index contributed by atoms with van der Waals surface area (Å²) in [6.07, 6.45) is 3.23. The molecule has 0 aliphatic heterocycles. The first-order valence-corrected chi connectivity index (χ1v) is 6.47. The summed E-state index contributed by atoms with van der Waals surface area (Å²) in [5.74, 6) is -0.993. The Morgan fingerprint density at radius 1 is 1.21 bits per heavy atom. The topological polar surface area (TPSA) is 128 Å². The van der Waals surface area contributed by atoms with E-state index in [4.69, 9.17) is 16.2 Å². The number of nitrogens with two attached hydrogens (primary N) is 1. The number of nitrogens with one attached hydrogen (secondary N) is 3. The van der Waals surface area contributed by atoms with E-state index in [1.54, 1.807) is 6.92 Å².